The molecule has 0 bridgehead atoms. The molecule has 3 nitrogen and oxygen atoms in total. The Bertz CT molecular complexity index is 1070. The van der Waals surface area contributed by atoms with Gasteiger partial charge in [0.15, 0.2) is 0 Å². The SMILES string of the molecule is O[C@@H]1C[C@H](OCc2ccccc2)C[C@H]1COC(c1ccccc1)(c1ccccc1)c1ccccc1. The van der Waals surface area contributed by atoms with E-state index >= 15 is 0 Å². The van der Waals surface area contributed by atoms with E-state index in [1.807, 2.05) is 36.4 Å². The van der Waals surface area contributed by atoms with Gasteiger partial charge in [-0.15, -0.1) is 0 Å². The molecule has 3 atom stereocenters. The molecule has 4 aromatic rings. The van der Waals surface area contributed by atoms with E-state index in [9.17, 15) is 5.11 Å². The zero-order valence-corrected chi connectivity index (χ0v) is 19.9. The molecular formula is C32H32O3. The third-order valence-electron chi connectivity index (χ3n) is 7.00. The van der Waals surface area contributed by atoms with E-state index in [1.165, 1.54) is 0 Å². The lowest BCUT2D eigenvalue weighted by Gasteiger charge is -2.37. The van der Waals surface area contributed by atoms with Crippen LogP contribution in [0.25, 0.3) is 0 Å². The lowest BCUT2D eigenvalue weighted by molar-refractivity contribution is -0.0303. The zero-order valence-electron chi connectivity index (χ0n) is 19.9. The van der Waals surface area contributed by atoms with Gasteiger partial charge in [0.1, 0.15) is 5.60 Å². The summed E-state index contributed by atoms with van der Waals surface area (Å²) in [6, 6.07) is 41.3. The maximum Gasteiger partial charge on any atom is 0.143 e. The fourth-order valence-corrected chi connectivity index (χ4v) is 5.16. The maximum atomic E-state index is 10.9. The first kappa shape index (κ1) is 23.5. The van der Waals surface area contributed by atoms with Crippen LogP contribution in [-0.2, 0) is 21.7 Å². The van der Waals surface area contributed by atoms with E-state index in [2.05, 4.69) is 84.9 Å². The van der Waals surface area contributed by atoms with Gasteiger partial charge in [0.05, 0.1) is 25.4 Å². The van der Waals surface area contributed by atoms with E-state index < -0.39 is 11.7 Å². The molecule has 0 radical (unpaired) electrons. The quantitative estimate of drug-likeness (QED) is 0.293. The van der Waals surface area contributed by atoms with Gasteiger partial charge in [0.25, 0.3) is 0 Å². The van der Waals surface area contributed by atoms with Gasteiger partial charge < -0.3 is 14.6 Å². The molecule has 0 saturated heterocycles. The Labute approximate surface area is 208 Å². The molecule has 0 aliphatic heterocycles. The van der Waals surface area contributed by atoms with Crippen molar-refractivity contribution in [3.8, 4) is 0 Å². The Kier molecular flexibility index (Phi) is 7.39. The Morgan fingerprint density at radius 3 is 1.57 bits per heavy atom. The van der Waals surface area contributed by atoms with Crippen LogP contribution in [0.15, 0.2) is 121 Å². The van der Waals surface area contributed by atoms with Crippen LogP contribution in [0.5, 0.6) is 0 Å². The molecule has 0 aromatic heterocycles. The van der Waals surface area contributed by atoms with Crippen LogP contribution >= 0.6 is 0 Å². The number of hydrogen-bond donors (Lipinski definition) is 1. The molecule has 0 unspecified atom stereocenters. The molecule has 1 aliphatic carbocycles. The van der Waals surface area contributed by atoms with Crippen molar-refractivity contribution < 1.29 is 14.6 Å². The number of aliphatic hydroxyl groups excluding tert-OH is 1. The second-order valence-corrected chi connectivity index (χ2v) is 9.31. The van der Waals surface area contributed by atoms with E-state index in [4.69, 9.17) is 9.47 Å². The van der Waals surface area contributed by atoms with Crippen LogP contribution in [0.3, 0.4) is 0 Å². The van der Waals surface area contributed by atoms with Crippen molar-refractivity contribution >= 4 is 0 Å². The van der Waals surface area contributed by atoms with Gasteiger partial charge in [-0.1, -0.05) is 121 Å². The van der Waals surface area contributed by atoms with Gasteiger partial charge in [0, 0.05) is 5.92 Å². The first-order valence-electron chi connectivity index (χ1n) is 12.4. The largest absolute Gasteiger partial charge is 0.393 e. The Balaban J connectivity index is 1.39. The topological polar surface area (TPSA) is 38.7 Å². The van der Waals surface area contributed by atoms with Gasteiger partial charge in [-0.2, -0.15) is 0 Å². The summed E-state index contributed by atoms with van der Waals surface area (Å²) in [5, 5.41) is 10.9. The van der Waals surface area contributed by atoms with E-state index in [-0.39, 0.29) is 12.0 Å². The molecule has 0 heterocycles. The molecule has 1 N–H and O–H groups in total. The molecule has 0 spiro atoms. The van der Waals surface area contributed by atoms with Crippen molar-refractivity contribution in [1.29, 1.82) is 0 Å². The summed E-state index contributed by atoms with van der Waals surface area (Å²) in [6.45, 7) is 0.999. The summed E-state index contributed by atoms with van der Waals surface area (Å²) in [6.07, 6.45) is 0.993. The molecule has 1 fully saturated rings. The highest BCUT2D eigenvalue weighted by Crippen LogP contribution is 2.42. The zero-order chi connectivity index (χ0) is 23.9. The van der Waals surface area contributed by atoms with Gasteiger partial charge in [-0.05, 0) is 35.1 Å². The highest BCUT2D eigenvalue weighted by atomic mass is 16.5. The van der Waals surface area contributed by atoms with Crippen molar-refractivity contribution in [2.75, 3.05) is 6.61 Å². The monoisotopic (exact) mass is 464 g/mol. The van der Waals surface area contributed by atoms with Crippen molar-refractivity contribution in [1.82, 2.24) is 0 Å². The second-order valence-electron chi connectivity index (χ2n) is 9.31. The summed E-state index contributed by atoms with van der Waals surface area (Å²) < 4.78 is 13.1. The number of ether oxygens (including phenoxy) is 2. The van der Waals surface area contributed by atoms with Crippen LogP contribution in [-0.4, -0.2) is 23.9 Å². The van der Waals surface area contributed by atoms with Crippen LogP contribution in [0, 0.1) is 5.92 Å². The van der Waals surface area contributed by atoms with Crippen molar-refractivity contribution in [2.45, 2.75) is 37.3 Å². The number of aliphatic hydroxyl groups is 1. The van der Waals surface area contributed by atoms with Crippen LogP contribution < -0.4 is 0 Å². The minimum absolute atomic E-state index is 0.00582. The third kappa shape index (κ3) is 5.23. The second kappa shape index (κ2) is 11.0. The van der Waals surface area contributed by atoms with Gasteiger partial charge >= 0.3 is 0 Å². The lowest BCUT2D eigenvalue weighted by Crippen LogP contribution is -2.35. The highest BCUT2D eigenvalue weighted by molar-refractivity contribution is 5.47. The average molecular weight is 465 g/mol. The summed E-state index contributed by atoms with van der Waals surface area (Å²) in [5.74, 6) is 0.00582. The van der Waals surface area contributed by atoms with Crippen LogP contribution in [0.4, 0.5) is 0 Å². The molecule has 35 heavy (non-hydrogen) atoms. The summed E-state index contributed by atoms with van der Waals surface area (Å²) in [5.41, 5.74) is 3.59. The molecule has 1 saturated carbocycles. The molecule has 178 valence electrons. The maximum absolute atomic E-state index is 10.9. The molecule has 4 aromatic carbocycles. The first-order chi connectivity index (χ1) is 17.3. The average Bonchev–Trinajstić information content (AvgIpc) is 3.29. The predicted octanol–water partition coefficient (Wildman–Crippen LogP) is 6.35. The Hall–Kier alpha value is -3.24. The Morgan fingerprint density at radius 1 is 0.629 bits per heavy atom. The fraction of sp³-hybridized carbons (Fsp3) is 0.250. The lowest BCUT2D eigenvalue weighted by atomic mass is 9.80. The number of rotatable bonds is 9. The van der Waals surface area contributed by atoms with Gasteiger partial charge in [0.2, 0.25) is 0 Å². The van der Waals surface area contributed by atoms with Crippen molar-refractivity contribution in [2.24, 2.45) is 5.92 Å². The molecular weight excluding hydrogens is 432 g/mol. The van der Waals surface area contributed by atoms with Crippen LogP contribution in [0.1, 0.15) is 35.1 Å². The third-order valence-corrected chi connectivity index (χ3v) is 7.00. The van der Waals surface area contributed by atoms with Gasteiger partial charge in [-0.25, -0.2) is 0 Å². The van der Waals surface area contributed by atoms with Gasteiger partial charge in [-0.3, -0.25) is 0 Å². The standard InChI is InChI=1S/C32H32O3/c33-31-22-30(34-23-25-13-5-1-6-14-25)21-26(31)24-35-32(27-15-7-2-8-16-27,28-17-9-3-10-18-28)29-19-11-4-12-20-29/h1-20,26,30-31,33H,21-24H2/t26-,30+,31+/m0/s1. The summed E-state index contributed by atoms with van der Waals surface area (Å²) >= 11 is 0. The predicted molar refractivity (Wildman–Crippen MR) is 139 cm³/mol. The summed E-state index contributed by atoms with van der Waals surface area (Å²) in [7, 11) is 0. The van der Waals surface area contributed by atoms with E-state index in [0.29, 0.717) is 19.6 Å². The normalized spacial score (nSPS) is 20.1. The number of benzene rings is 4. The number of hydrogen-bond acceptors (Lipinski definition) is 3. The molecule has 5 rings (SSSR count). The smallest absolute Gasteiger partial charge is 0.143 e. The van der Waals surface area contributed by atoms with Crippen molar-refractivity contribution in [3.63, 3.8) is 0 Å². The Morgan fingerprint density at radius 2 is 1.09 bits per heavy atom. The first-order valence-corrected chi connectivity index (χ1v) is 12.4. The fourth-order valence-electron chi connectivity index (χ4n) is 5.16. The molecule has 1 aliphatic rings. The van der Waals surface area contributed by atoms with Crippen LogP contribution in [0.2, 0.25) is 0 Å². The minimum Gasteiger partial charge on any atom is -0.393 e. The van der Waals surface area contributed by atoms with E-state index in [0.717, 1.165) is 28.7 Å². The molecule has 3 heteroatoms. The molecule has 0 amide bonds. The highest BCUT2D eigenvalue weighted by Gasteiger charge is 2.41. The van der Waals surface area contributed by atoms with Crippen molar-refractivity contribution in [3.05, 3.63) is 144 Å². The summed E-state index contributed by atoms with van der Waals surface area (Å²) in [4.78, 5) is 0. The van der Waals surface area contributed by atoms with E-state index in [1.54, 1.807) is 0 Å². The minimum atomic E-state index is -0.771.